The minimum Gasteiger partial charge on any atom is -0.380 e. The van der Waals surface area contributed by atoms with Crippen LogP contribution in [0.5, 0.6) is 0 Å². The van der Waals surface area contributed by atoms with E-state index in [0.29, 0.717) is 12.0 Å². The topological polar surface area (TPSA) is 54.9 Å². The average Bonchev–Trinajstić information content (AvgIpc) is 2.41. The summed E-state index contributed by atoms with van der Waals surface area (Å²) in [7, 11) is 0. The molecule has 1 unspecified atom stereocenters. The molecule has 0 aromatic carbocycles. The van der Waals surface area contributed by atoms with Crippen molar-refractivity contribution in [2.24, 2.45) is 16.3 Å². The van der Waals surface area contributed by atoms with Gasteiger partial charge in [-0.1, -0.05) is 20.8 Å². The third kappa shape index (κ3) is 6.66. The zero-order valence-electron chi connectivity index (χ0n) is 14.4. The average molecular weight is 299 g/mol. The van der Waals surface area contributed by atoms with Crippen LogP contribution in [0.15, 0.2) is 4.99 Å². The second-order valence-electron chi connectivity index (χ2n) is 6.45. The molecule has 1 rings (SSSR count). The van der Waals surface area contributed by atoms with Crippen LogP contribution in [0.4, 0.5) is 0 Å². The Bertz CT molecular complexity index is 315. The summed E-state index contributed by atoms with van der Waals surface area (Å²) in [6.45, 7) is 15.7. The number of nitrogens with one attached hydrogen (secondary N) is 2. The molecule has 0 spiro atoms. The molecule has 1 atom stereocenters. The predicted octanol–water partition coefficient (Wildman–Crippen LogP) is 2.03. The zero-order valence-corrected chi connectivity index (χ0v) is 14.4. The Kier molecular flexibility index (Phi) is 8.04. The van der Waals surface area contributed by atoms with Gasteiger partial charge in [-0.15, -0.1) is 0 Å². The summed E-state index contributed by atoms with van der Waals surface area (Å²) in [5, 5.41) is 6.70. The summed E-state index contributed by atoms with van der Waals surface area (Å²) in [6, 6.07) is 0. The van der Waals surface area contributed by atoms with Crippen molar-refractivity contribution in [2.45, 2.75) is 47.1 Å². The van der Waals surface area contributed by atoms with Crippen molar-refractivity contribution in [3.05, 3.63) is 0 Å². The van der Waals surface area contributed by atoms with Crippen LogP contribution in [0.25, 0.3) is 0 Å². The van der Waals surface area contributed by atoms with Gasteiger partial charge in [-0.05, 0) is 26.2 Å². The van der Waals surface area contributed by atoms with Gasteiger partial charge in [0.15, 0.2) is 5.96 Å². The quantitative estimate of drug-likeness (QED) is 0.505. The van der Waals surface area contributed by atoms with Crippen molar-refractivity contribution in [1.29, 1.82) is 0 Å². The van der Waals surface area contributed by atoms with Gasteiger partial charge in [0, 0.05) is 25.1 Å². The number of guanidine groups is 1. The molecule has 1 heterocycles. The fourth-order valence-corrected chi connectivity index (χ4v) is 2.31. The summed E-state index contributed by atoms with van der Waals surface area (Å²) in [4.78, 5) is 4.67. The second-order valence-corrected chi connectivity index (χ2v) is 6.45. The Morgan fingerprint density at radius 3 is 2.48 bits per heavy atom. The van der Waals surface area contributed by atoms with E-state index in [-0.39, 0.29) is 5.41 Å². The number of aliphatic imine (C=N–C) groups is 1. The standard InChI is InChI=1S/C16H33N3O2/c1-6-17-15(19-10-16(5)11-20-12-16)18-9-8-14(13(3)4)21-7-2/h13-14H,6-12H2,1-5H3,(H2,17,18,19). The van der Waals surface area contributed by atoms with E-state index >= 15 is 0 Å². The summed E-state index contributed by atoms with van der Waals surface area (Å²) in [6.07, 6.45) is 1.30. The fourth-order valence-electron chi connectivity index (χ4n) is 2.31. The van der Waals surface area contributed by atoms with Gasteiger partial charge in [0.05, 0.1) is 25.9 Å². The van der Waals surface area contributed by atoms with E-state index in [1.807, 2.05) is 0 Å². The molecule has 1 saturated heterocycles. The van der Waals surface area contributed by atoms with Crippen LogP contribution < -0.4 is 10.6 Å². The third-order valence-electron chi connectivity index (χ3n) is 3.71. The number of ether oxygens (including phenoxy) is 2. The van der Waals surface area contributed by atoms with Gasteiger partial charge in [0.2, 0.25) is 0 Å². The van der Waals surface area contributed by atoms with Gasteiger partial charge >= 0.3 is 0 Å². The first-order valence-electron chi connectivity index (χ1n) is 8.22. The minimum atomic E-state index is 0.216. The zero-order chi connectivity index (χ0) is 15.7. The number of nitrogens with zero attached hydrogens (tertiary/aromatic N) is 1. The van der Waals surface area contributed by atoms with Gasteiger partial charge < -0.3 is 20.1 Å². The lowest BCUT2D eigenvalue weighted by Gasteiger charge is -2.36. The molecule has 0 saturated carbocycles. The molecule has 2 N–H and O–H groups in total. The van der Waals surface area contributed by atoms with Crippen LogP contribution in [-0.4, -0.2) is 51.5 Å². The maximum Gasteiger partial charge on any atom is 0.191 e. The molecular weight excluding hydrogens is 266 g/mol. The first-order valence-corrected chi connectivity index (χ1v) is 8.22. The van der Waals surface area contributed by atoms with E-state index in [4.69, 9.17) is 9.47 Å². The molecule has 5 nitrogen and oxygen atoms in total. The van der Waals surface area contributed by atoms with Crippen molar-refractivity contribution in [3.8, 4) is 0 Å². The smallest absolute Gasteiger partial charge is 0.191 e. The van der Waals surface area contributed by atoms with Gasteiger partial charge in [-0.2, -0.15) is 0 Å². The third-order valence-corrected chi connectivity index (χ3v) is 3.71. The van der Waals surface area contributed by atoms with Crippen LogP contribution in [0, 0.1) is 11.3 Å². The molecule has 1 fully saturated rings. The van der Waals surface area contributed by atoms with Gasteiger partial charge in [-0.3, -0.25) is 4.99 Å². The first kappa shape index (κ1) is 18.2. The lowest BCUT2D eigenvalue weighted by atomic mass is 9.89. The Morgan fingerprint density at radius 2 is 2.00 bits per heavy atom. The van der Waals surface area contributed by atoms with Crippen molar-refractivity contribution in [1.82, 2.24) is 10.6 Å². The molecule has 0 bridgehead atoms. The molecule has 124 valence electrons. The van der Waals surface area contributed by atoms with Crippen LogP contribution >= 0.6 is 0 Å². The van der Waals surface area contributed by atoms with Crippen molar-refractivity contribution < 1.29 is 9.47 Å². The second kappa shape index (κ2) is 9.26. The molecular formula is C16H33N3O2. The number of rotatable bonds is 9. The predicted molar refractivity (Wildman–Crippen MR) is 87.8 cm³/mol. The van der Waals surface area contributed by atoms with Crippen LogP contribution in [0.2, 0.25) is 0 Å². The van der Waals surface area contributed by atoms with E-state index in [0.717, 1.165) is 51.8 Å². The SMILES string of the molecule is CCNC(=NCC1(C)COC1)NCCC(OCC)C(C)C. The van der Waals surface area contributed by atoms with Gasteiger partial charge in [-0.25, -0.2) is 0 Å². The van der Waals surface area contributed by atoms with Crippen LogP contribution in [0.3, 0.4) is 0 Å². The maximum absolute atomic E-state index is 5.77. The molecule has 0 aromatic rings. The van der Waals surface area contributed by atoms with E-state index in [9.17, 15) is 0 Å². The largest absolute Gasteiger partial charge is 0.380 e. The highest BCUT2D eigenvalue weighted by Gasteiger charge is 2.33. The lowest BCUT2D eigenvalue weighted by molar-refractivity contribution is -0.0945. The molecule has 1 aliphatic rings. The summed E-state index contributed by atoms with van der Waals surface area (Å²) >= 11 is 0. The Balaban J connectivity index is 2.37. The summed E-state index contributed by atoms with van der Waals surface area (Å²) in [5.41, 5.74) is 0.216. The molecule has 0 aliphatic carbocycles. The molecule has 1 aliphatic heterocycles. The monoisotopic (exact) mass is 299 g/mol. The van der Waals surface area contributed by atoms with Crippen molar-refractivity contribution >= 4 is 5.96 Å². The van der Waals surface area contributed by atoms with Crippen molar-refractivity contribution in [2.75, 3.05) is 39.5 Å². The normalized spacial score (nSPS) is 19.2. The molecule has 21 heavy (non-hydrogen) atoms. The molecule has 0 radical (unpaired) electrons. The Hall–Kier alpha value is -0.810. The summed E-state index contributed by atoms with van der Waals surface area (Å²) < 4.78 is 11.0. The Labute approximate surface area is 129 Å². The van der Waals surface area contributed by atoms with Gasteiger partial charge in [0.1, 0.15) is 0 Å². The fraction of sp³-hybridized carbons (Fsp3) is 0.938. The van der Waals surface area contributed by atoms with Crippen LogP contribution in [-0.2, 0) is 9.47 Å². The summed E-state index contributed by atoms with van der Waals surface area (Å²) in [5.74, 6) is 1.43. The van der Waals surface area contributed by atoms with Crippen LogP contribution in [0.1, 0.15) is 41.0 Å². The lowest BCUT2D eigenvalue weighted by Crippen LogP contribution is -2.44. The molecule has 0 aromatic heterocycles. The maximum atomic E-state index is 5.77. The van der Waals surface area contributed by atoms with E-state index in [1.54, 1.807) is 0 Å². The molecule has 0 amide bonds. The van der Waals surface area contributed by atoms with Crippen molar-refractivity contribution in [3.63, 3.8) is 0 Å². The van der Waals surface area contributed by atoms with E-state index in [2.05, 4.69) is 50.2 Å². The molecule has 5 heteroatoms. The Morgan fingerprint density at radius 1 is 1.29 bits per heavy atom. The highest BCUT2D eigenvalue weighted by molar-refractivity contribution is 5.79. The number of hydrogen-bond acceptors (Lipinski definition) is 3. The first-order chi connectivity index (χ1) is 10.0. The highest BCUT2D eigenvalue weighted by atomic mass is 16.5. The van der Waals surface area contributed by atoms with Gasteiger partial charge in [0.25, 0.3) is 0 Å². The van der Waals surface area contributed by atoms with E-state index in [1.165, 1.54) is 0 Å². The minimum absolute atomic E-state index is 0.216. The van der Waals surface area contributed by atoms with E-state index < -0.39 is 0 Å². The highest BCUT2D eigenvalue weighted by Crippen LogP contribution is 2.26. The number of hydrogen-bond donors (Lipinski definition) is 2.